The van der Waals surface area contributed by atoms with Crippen molar-refractivity contribution in [3.05, 3.63) is 70.2 Å². The van der Waals surface area contributed by atoms with Gasteiger partial charge in [-0.1, -0.05) is 61.0 Å². The van der Waals surface area contributed by atoms with E-state index >= 15 is 0 Å². The lowest BCUT2D eigenvalue weighted by Crippen LogP contribution is -2.40. The zero-order valence-electron chi connectivity index (χ0n) is 16.2. The van der Waals surface area contributed by atoms with Crippen LogP contribution in [0.3, 0.4) is 0 Å². The Labute approximate surface area is 167 Å². The fourth-order valence-electron chi connectivity index (χ4n) is 3.68. The average Bonchev–Trinajstić information content (AvgIpc) is 2.70. The number of hydrogen-bond donors (Lipinski definition) is 1. The van der Waals surface area contributed by atoms with Gasteiger partial charge in [-0.15, -0.1) is 0 Å². The second kappa shape index (κ2) is 9.38. The highest BCUT2D eigenvalue weighted by atomic mass is 35.5. The van der Waals surface area contributed by atoms with Crippen LogP contribution in [0.4, 0.5) is 0 Å². The van der Waals surface area contributed by atoms with E-state index in [0.717, 1.165) is 55.0 Å². The normalized spacial score (nSPS) is 16.9. The molecule has 0 bridgehead atoms. The largest absolute Gasteiger partial charge is 0.349 e. The van der Waals surface area contributed by atoms with Gasteiger partial charge in [0.25, 0.3) is 0 Å². The van der Waals surface area contributed by atoms with Crippen molar-refractivity contribution in [1.29, 1.82) is 0 Å². The molecule has 2 aromatic rings. The zero-order valence-corrected chi connectivity index (χ0v) is 17.0. The van der Waals surface area contributed by atoms with Crippen LogP contribution in [-0.2, 0) is 17.8 Å². The predicted octanol–water partition coefficient (Wildman–Crippen LogP) is 4.99. The number of amides is 1. The molecule has 3 nitrogen and oxygen atoms in total. The Hall–Kier alpha value is -1.84. The molecular formula is C23H29ClN2O. The quantitative estimate of drug-likeness (QED) is 0.760. The van der Waals surface area contributed by atoms with E-state index in [1.54, 1.807) is 0 Å². The topological polar surface area (TPSA) is 32.3 Å². The Bertz CT molecular complexity index is 751. The van der Waals surface area contributed by atoms with Crippen molar-refractivity contribution in [2.75, 3.05) is 13.1 Å². The molecule has 0 spiro atoms. The molecule has 1 aliphatic rings. The first-order chi connectivity index (χ1) is 13.1. The first-order valence-electron chi connectivity index (χ1n) is 9.91. The van der Waals surface area contributed by atoms with Gasteiger partial charge in [-0.25, -0.2) is 0 Å². The molecule has 1 saturated heterocycles. The third-order valence-corrected chi connectivity index (χ3v) is 5.93. The molecule has 1 heterocycles. The van der Waals surface area contributed by atoms with Crippen LogP contribution >= 0.6 is 11.6 Å². The summed E-state index contributed by atoms with van der Waals surface area (Å²) >= 11 is 6.27. The molecule has 0 radical (unpaired) electrons. The number of carbonyl (C=O) groups is 1. The number of likely N-dealkylation sites (tertiary alicyclic amines) is 1. The van der Waals surface area contributed by atoms with Crippen LogP contribution in [0.5, 0.6) is 0 Å². The van der Waals surface area contributed by atoms with Crippen LogP contribution in [-0.4, -0.2) is 23.9 Å². The number of hydrogen-bond acceptors (Lipinski definition) is 2. The summed E-state index contributed by atoms with van der Waals surface area (Å²) in [6, 6.07) is 16.6. The van der Waals surface area contributed by atoms with Gasteiger partial charge in [-0.3, -0.25) is 9.69 Å². The third-order valence-electron chi connectivity index (χ3n) is 5.56. The number of benzene rings is 2. The van der Waals surface area contributed by atoms with Gasteiger partial charge in [0.1, 0.15) is 0 Å². The van der Waals surface area contributed by atoms with Gasteiger partial charge in [0, 0.05) is 17.5 Å². The number of piperidine rings is 1. The summed E-state index contributed by atoms with van der Waals surface area (Å²) in [6.07, 6.45) is 2.84. The summed E-state index contributed by atoms with van der Waals surface area (Å²) in [6.45, 7) is 6.93. The Kier molecular flexibility index (Phi) is 6.92. The molecule has 1 atom stereocenters. The fourth-order valence-corrected chi connectivity index (χ4v) is 3.87. The number of nitrogens with zero attached hydrogens (tertiary/aromatic N) is 1. The lowest BCUT2D eigenvalue weighted by molar-refractivity contribution is -0.127. The van der Waals surface area contributed by atoms with Crippen LogP contribution in [0.1, 0.15) is 49.4 Å². The van der Waals surface area contributed by atoms with E-state index in [-0.39, 0.29) is 17.9 Å². The van der Waals surface area contributed by atoms with Gasteiger partial charge in [-0.2, -0.15) is 0 Å². The summed E-state index contributed by atoms with van der Waals surface area (Å²) < 4.78 is 0. The summed E-state index contributed by atoms with van der Waals surface area (Å²) in [5.74, 6) is 0.282. The van der Waals surface area contributed by atoms with Gasteiger partial charge in [0.05, 0.1) is 6.04 Å². The first-order valence-corrected chi connectivity index (χ1v) is 10.3. The molecule has 1 N–H and O–H groups in total. The van der Waals surface area contributed by atoms with Crippen LogP contribution in [0.15, 0.2) is 48.5 Å². The van der Waals surface area contributed by atoms with E-state index < -0.39 is 0 Å². The van der Waals surface area contributed by atoms with Gasteiger partial charge in [0.2, 0.25) is 5.91 Å². The van der Waals surface area contributed by atoms with Crippen molar-refractivity contribution in [2.24, 2.45) is 5.92 Å². The van der Waals surface area contributed by atoms with E-state index in [1.807, 2.05) is 18.2 Å². The summed E-state index contributed by atoms with van der Waals surface area (Å²) in [5.41, 5.74) is 3.64. The van der Waals surface area contributed by atoms with Gasteiger partial charge in [0.15, 0.2) is 0 Å². The Morgan fingerprint density at radius 1 is 1.15 bits per heavy atom. The molecule has 0 aliphatic carbocycles. The minimum atomic E-state index is 0.0459. The van der Waals surface area contributed by atoms with E-state index in [0.29, 0.717) is 0 Å². The smallest absolute Gasteiger partial charge is 0.223 e. The highest BCUT2D eigenvalue weighted by Crippen LogP contribution is 2.23. The molecule has 3 rings (SSSR count). The van der Waals surface area contributed by atoms with Gasteiger partial charge < -0.3 is 5.32 Å². The molecule has 27 heavy (non-hydrogen) atoms. The molecule has 1 aliphatic heterocycles. The van der Waals surface area contributed by atoms with Crippen molar-refractivity contribution in [3.8, 4) is 0 Å². The standard InChI is InChI=1S/C23H29ClN2O/c1-3-18-8-10-19(11-9-18)17(2)25-23(27)20-12-14-26(15-13-20)16-21-6-4-5-7-22(21)24/h4-11,17,20H,3,12-16H2,1-2H3,(H,25,27). The number of carbonyl (C=O) groups excluding carboxylic acids is 1. The Morgan fingerprint density at radius 2 is 1.81 bits per heavy atom. The maximum absolute atomic E-state index is 12.7. The molecule has 2 aromatic carbocycles. The van der Waals surface area contributed by atoms with Crippen molar-refractivity contribution in [2.45, 2.75) is 45.7 Å². The molecule has 0 saturated carbocycles. The van der Waals surface area contributed by atoms with E-state index in [9.17, 15) is 4.79 Å². The monoisotopic (exact) mass is 384 g/mol. The minimum absolute atomic E-state index is 0.0459. The van der Waals surface area contributed by atoms with Crippen LogP contribution in [0, 0.1) is 5.92 Å². The maximum Gasteiger partial charge on any atom is 0.223 e. The van der Waals surface area contributed by atoms with Crippen molar-refractivity contribution in [3.63, 3.8) is 0 Å². The summed E-state index contributed by atoms with van der Waals surface area (Å²) in [5, 5.41) is 4.02. The summed E-state index contributed by atoms with van der Waals surface area (Å²) in [7, 11) is 0. The minimum Gasteiger partial charge on any atom is -0.349 e. The molecule has 1 fully saturated rings. The molecular weight excluding hydrogens is 356 g/mol. The molecule has 0 aromatic heterocycles. The molecule has 144 valence electrons. The van der Waals surface area contributed by atoms with Gasteiger partial charge >= 0.3 is 0 Å². The highest BCUT2D eigenvalue weighted by Gasteiger charge is 2.26. The van der Waals surface area contributed by atoms with Crippen LogP contribution in [0.2, 0.25) is 5.02 Å². The van der Waals surface area contributed by atoms with Crippen molar-refractivity contribution in [1.82, 2.24) is 10.2 Å². The van der Waals surface area contributed by atoms with Crippen LogP contribution < -0.4 is 5.32 Å². The molecule has 1 amide bonds. The number of halogens is 1. The number of rotatable bonds is 6. The lowest BCUT2D eigenvalue weighted by Gasteiger charge is -2.32. The second-order valence-electron chi connectivity index (χ2n) is 7.47. The SMILES string of the molecule is CCc1ccc(C(C)NC(=O)C2CCN(Cc3ccccc3Cl)CC2)cc1. The highest BCUT2D eigenvalue weighted by molar-refractivity contribution is 6.31. The van der Waals surface area contributed by atoms with Gasteiger partial charge in [-0.05, 0) is 62.0 Å². The molecule has 4 heteroatoms. The van der Waals surface area contributed by atoms with Crippen molar-refractivity contribution >= 4 is 17.5 Å². The fraction of sp³-hybridized carbons (Fsp3) is 0.435. The van der Waals surface area contributed by atoms with Crippen molar-refractivity contribution < 1.29 is 4.79 Å². The zero-order chi connectivity index (χ0) is 19.2. The first kappa shape index (κ1) is 19.9. The predicted molar refractivity (Wildman–Crippen MR) is 112 cm³/mol. The van der Waals surface area contributed by atoms with E-state index in [4.69, 9.17) is 11.6 Å². The van der Waals surface area contributed by atoms with E-state index in [2.05, 4.69) is 54.4 Å². The number of nitrogens with one attached hydrogen (secondary N) is 1. The lowest BCUT2D eigenvalue weighted by atomic mass is 9.94. The average molecular weight is 385 g/mol. The third kappa shape index (κ3) is 5.33. The van der Waals surface area contributed by atoms with Crippen LogP contribution in [0.25, 0.3) is 0 Å². The molecule has 1 unspecified atom stereocenters. The Morgan fingerprint density at radius 3 is 2.44 bits per heavy atom. The second-order valence-corrected chi connectivity index (χ2v) is 7.87. The maximum atomic E-state index is 12.7. The summed E-state index contributed by atoms with van der Waals surface area (Å²) in [4.78, 5) is 15.1. The Balaban J connectivity index is 1.48. The van der Waals surface area contributed by atoms with E-state index in [1.165, 1.54) is 5.56 Å². The number of aryl methyl sites for hydroxylation is 1.